The molecule has 2 N–H and O–H groups in total. The number of carbonyl (C=O) groups is 2. The van der Waals surface area contributed by atoms with Crippen LogP contribution in [-0.4, -0.2) is 47.6 Å². The molecule has 0 saturated carbocycles. The fourth-order valence-corrected chi connectivity index (χ4v) is 3.38. The minimum Gasteiger partial charge on any atom is -0.490 e. The summed E-state index contributed by atoms with van der Waals surface area (Å²) in [5.41, 5.74) is -0.957. The molecule has 2 aromatic carbocycles. The number of nitrogens with one attached hydrogen (secondary N) is 1. The number of ether oxygens (including phenoxy) is 1. The van der Waals surface area contributed by atoms with E-state index < -0.39 is 35.9 Å². The Morgan fingerprint density at radius 1 is 1.28 bits per heavy atom. The van der Waals surface area contributed by atoms with Gasteiger partial charge in [-0.2, -0.15) is 13.2 Å². The Kier molecular flexibility index (Phi) is 7.02. The highest BCUT2D eigenvalue weighted by molar-refractivity contribution is 6.01. The lowest BCUT2D eigenvalue weighted by atomic mass is 10.1. The van der Waals surface area contributed by atoms with Gasteiger partial charge >= 0.3 is 6.18 Å². The highest BCUT2D eigenvalue weighted by Gasteiger charge is 2.31. The topological polar surface area (TPSA) is 78.9 Å². The molecule has 1 atom stereocenters. The largest absolute Gasteiger partial charge is 0.490 e. The number of anilines is 1. The lowest BCUT2D eigenvalue weighted by Gasteiger charge is -2.31. The molecule has 0 aliphatic carbocycles. The number of aliphatic hydroxyl groups is 1. The predicted octanol–water partition coefficient (Wildman–Crippen LogP) is 3.63. The Bertz CT molecular complexity index is 1010. The van der Waals surface area contributed by atoms with Crippen molar-refractivity contribution in [3.8, 4) is 5.75 Å². The van der Waals surface area contributed by atoms with E-state index in [9.17, 15) is 32.3 Å². The van der Waals surface area contributed by atoms with Gasteiger partial charge in [0.05, 0.1) is 42.5 Å². The number of benzene rings is 2. The summed E-state index contributed by atoms with van der Waals surface area (Å²) in [4.78, 5) is 26.9. The molecule has 1 heterocycles. The fraction of sp³-hybridized carbons (Fsp3) is 0.364. The molecule has 0 bridgehead atoms. The van der Waals surface area contributed by atoms with E-state index in [-0.39, 0.29) is 41.7 Å². The van der Waals surface area contributed by atoms with Gasteiger partial charge in [-0.15, -0.1) is 0 Å². The summed E-state index contributed by atoms with van der Waals surface area (Å²) in [7, 11) is 0. The summed E-state index contributed by atoms with van der Waals surface area (Å²) in [5.74, 6) is -2.05. The van der Waals surface area contributed by atoms with Crippen LogP contribution < -0.4 is 10.1 Å². The van der Waals surface area contributed by atoms with Gasteiger partial charge in [0.2, 0.25) is 5.91 Å². The van der Waals surface area contributed by atoms with Crippen molar-refractivity contribution >= 4 is 17.5 Å². The number of halogens is 4. The van der Waals surface area contributed by atoms with Crippen LogP contribution in [0.15, 0.2) is 36.4 Å². The van der Waals surface area contributed by atoms with Gasteiger partial charge in [-0.25, -0.2) is 4.39 Å². The smallest absolute Gasteiger partial charge is 0.416 e. The van der Waals surface area contributed by atoms with Gasteiger partial charge < -0.3 is 20.1 Å². The Labute approximate surface area is 181 Å². The van der Waals surface area contributed by atoms with E-state index in [0.29, 0.717) is 25.1 Å². The van der Waals surface area contributed by atoms with Crippen molar-refractivity contribution in [1.29, 1.82) is 0 Å². The van der Waals surface area contributed by atoms with E-state index in [0.717, 1.165) is 6.07 Å². The van der Waals surface area contributed by atoms with Crippen LogP contribution in [0, 0.1) is 5.82 Å². The number of para-hydroxylation sites is 1. The quantitative estimate of drug-likeness (QED) is 0.677. The van der Waals surface area contributed by atoms with E-state index in [1.165, 1.54) is 23.1 Å². The summed E-state index contributed by atoms with van der Waals surface area (Å²) >= 11 is 0. The van der Waals surface area contributed by atoms with Crippen molar-refractivity contribution in [3.63, 3.8) is 0 Å². The average molecular weight is 454 g/mol. The van der Waals surface area contributed by atoms with Crippen molar-refractivity contribution < 1.29 is 37.0 Å². The first-order valence-electron chi connectivity index (χ1n) is 9.95. The first kappa shape index (κ1) is 23.5. The molecule has 0 saturated heterocycles. The molecule has 0 unspecified atom stereocenters. The van der Waals surface area contributed by atoms with Crippen LogP contribution >= 0.6 is 0 Å². The number of hydrogen-bond acceptors (Lipinski definition) is 4. The number of amides is 2. The van der Waals surface area contributed by atoms with Gasteiger partial charge in [0, 0.05) is 6.54 Å². The van der Waals surface area contributed by atoms with E-state index in [2.05, 4.69) is 5.32 Å². The van der Waals surface area contributed by atoms with Crippen LogP contribution in [0.1, 0.15) is 34.8 Å². The average Bonchev–Trinajstić information content (AvgIpc) is 2.73. The summed E-state index contributed by atoms with van der Waals surface area (Å²) in [6.07, 6.45) is -4.68. The van der Waals surface area contributed by atoms with Crippen LogP contribution in [0.4, 0.5) is 23.2 Å². The molecule has 3 rings (SSSR count). The summed E-state index contributed by atoms with van der Waals surface area (Å²) in [5, 5.41) is 12.0. The molecule has 2 amide bonds. The fourth-order valence-electron chi connectivity index (χ4n) is 3.38. The Hall–Kier alpha value is -3.14. The summed E-state index contributed by atoms with van der Waals surface area (Å²) < 4.78 is 57.9. The first-order chi connectivity index (χ1) is 15.1. The number of alkyl halides is 3. The SMILES string of the molecule is C[C@@H](CO)N1CCCOc2c(NC(=O)Cc3ccc(C(F)(F)F)cc3F)cccc2C1=O. The molecule has 1 aliphatic rings. The molecule has 32 heavy (non-hydrogen) atoms. The van der Waals surface area contributed by atoms with Crippen molar-refractivity contribution in [1.82, 2.24) is 4.90 Å². The normalized spacial score (nSPS) is 15.3. The zero-order valence-electron chi connectivity index (χ0n) is 17.2. The molecular formula is C22H22F4N2O4. The molecule has 0 radical (unpaired) electrons. The second kappa shape index (κ2) is 9.56. The van der Waals surface area contributed by atoms with Crippen molar-refractivity contribution in [3.05, 3.63) is 58.9 Å². The number of hydrogen-bond donors (Lipinski definition) is 2. The monoisotopic (exact) mass is 454 g/mol. The third-order valence-electron chi connectivity index (χ3n) is 5.10. The number of carbonyl (C=O) groups excluding carboxylic acids is 2. The van der Waals surface area contributed by atoms with E-state index in [4.69, 9.17) is 4.74 Å². The molecule has 0 fully saturated rings. The van der Waals surface area contributed by atoms with Crippen molar-refractivity contribution in [2.45, 2.75) is 32.0 Å². The van der Waals surface area contributed by atoms with Gasteiger partial charge in [-0.05, 0) is 43.2 Å². The zero-order valence-corrected chi connectivity index (χ0v) is 17.2. The van der Waals surface area contributed by atoms with Crippen molar-refractivity contribution in [2.75, 3.05) is 25.1 Å². The van der Waals surface area contributed by atoms with Crippen LogP contribution in [0.2, 0.25) is 0 Å². The Morgan fingerprint density at radius 2 is 2.03 bits per heavy atom. The number of aliphatic hydroxyl groups excluding tert-OH is 1. The second-order valence-electron chi connectivity index (χ2n) is 7.44. The van der Waals surface area contributed by atoms with Gasteiger partial charge in [0.15, 0.2) is 5.75 Å². The van der Waals surface area contributed by atoms with Crippen LogP contribution in [0.25, 0.3) is 0 Å². The van der Waals surface area contributed by atoms with Gasteiger partial charge in [-0.3, -0.25) is 9.59 Å². The maximum Gasteiger partial charge on any atom is 0.416 e. The van der Waals surface area contributed by atoms with Crippen LogP contribution in [-0.2, 0) is 17.4 Å². The van der Waals surface area contributed by atoms with E-state index >= 15 is 0 Å². The standard InChI is InChI=1S/C22H22F4N2O4/c1-13(12-29)28-8-3-9-32-20-16(21(28)31)4-2-5-18(20)27-19(30)10-14-6-7-15(11-17(14)23)22(24,25)26/h2,4-7,11,13,29H,3,8-10,12H2,1H3,(H,27,30)/t13-/m0/s1. The molecule has 10 heteroatoms. The summed E-state index contributed by atoms with van der Waals surface area (Å²) in [6, 6.07) is 6.15. The van der Waals surface area contributed by atoms with Crippen LogP contribution in [0.3, 0.4) is 0 Å². The summed E-state index contributed by atoms with van der Waals surface area (Å²) in [6.45, 7) is 2.15. The Morgan fingerprint density at radius 3 is 2.69 bits per heavy atom. The lowest BCUT2D eigenvalue weighted by Crippen LogP contribution is -2.42. The van der Waals surface area contributed by atoms with E-state index in [1.807, 2.05) is 0 Å². The molecular weight excluding hydrogens is 432 g/mol. The first-order valence-corrected chi connectivity index (χ1v) is 9.95. The molecule has 0 spiro atoms. The van der Waals surface area contributed by atoms with Gasteiger partial charge in [0.25, 0.3) is 5.91 Å². The number of fused-ring (bicyclic) bond motifs is 1. The molecule has 6 nitrogen and oxygen atoms in total. The molecule has 172 valence electrons. The third kappa shape index (κ3) is 5.18. The van der Waals surface area contributed by atoms with Gasteiger partial charge in [-0.1, -0.05) is 12.1 Å². The highest BCUT2D eigenvalue weighted by Crippen LogP contribution is 2.33. The van der Waals surface area contributed by atoms with Crippen molar-refractivity contribution in [2.24, 2.45) is 0 Å². The molecule has 1 aliphatic heterocycles. The minimum absolute atomic E-state index is 0.147. The minimum atomic E-state index is -4.69. The van der Waals surface area contributed by atoms with Gasteiger partial charge in [0.1, 0.15) is 5.82 Å². The second-order valence-corrected chi connectivity index (χ2v) is 7.44. The lowest BCUT2D eigenvalue weighted by molar-refractivity contribution is -0.137. The predicted molar refractivity (Wildman–Crippen MR) is 108 cm³/mol. The van der Waals surface area contributed by atoms with E-state index in [1.54, 1.807) is 6.92 Å². The maximum absolute atomic E-state index is 14.1. The molecule has 0 aromatic heterocycles. The maximum atomic E-state index is 14.1. The number of rotatable bonds is 5. The zero-order chi connectivity index (χ0) is 23.5. The highest BCUT2D eigenvalue weighted by atomic mass is 19.4. The van der Waals surface area contributed by atoms with Crippen LogP contribution in [0.5, 0.6) is 5.75 Å². The number of nitrogens with zero attached hydrogens (tertiary/aromatic N) is 1. The third-order valence-corrected chi connectivity index (χ3v) is 5.10. The molecule has 2 aromatic rings. The Balaban J connectivity index is 1.81.